The Morgan fingerprint density at radius 1 is 0.959 bits per heavy atom. The number of phenols is 1. The molecule has 2 N–H and O–H groups in total. The summed E-state index contributed by atoms with van der Waals surface area (Å²) in [7, 11) is 2.41. The van der Waals surface area contributed by atoms with E-state index in [1.807, 2.05) is 0 Å². The van der Waals surface area contributed by atoms with Crippen LogP contribution in [0.5, 0.6) is 11.5 Å². The highest BCUT2D eigenvalue weighted by Gasteiger charge is 2.70. The number of nitrogens with one attached hydrogen (secondary N) is 1. The Bertz CT molecular complexity index is 1970. The first-order valence-electron chi connectivity index (χ1n) is 15.3. The summed E-state index contributed by atoms with van der Waals surface area (Å²) in [4.78, 5) is 70.1. The summed E-state index contributed by atoms with van der Waals surface area (Å²) < 4.78 is 24.0. The minimum Gasteiger partial charge on any atom is -0.503 e. The number of imide groups is 4. The zero-order chi connectivity index (χ0) is 34.9. The Hall–Kier alpha value is -4.94. The second-order valence-corrected chi connectivity index (χ2v) is 13.3. The van der Waals surface area contributed by atoms with E-state index in [1.165, 1.54) is 43.5 Å². The summed E-state index contributed by atoms with van der Waals surface area (Å²) in [6, 6.07) is 14.6. The van der Waals surface area contributed by atoms with E-state index in [1.54, 1.807) is 30.3 Å². The van der Waals surface area contributed by atoms with E-state index in [0.29, 0.717) is 26.6 Å². The molecule has 6 atom stereocenters. The van der Waals surface area contributed by atoms with Crippen molar-refractivity contribution in [3.05, 3.63) is 99.3 Å². The van der Waals surface area contributed by atoms with Gasteiger partial charge < -0.3 is 14.6 Å². The molecule has 7 rings (SSSR count). The highest BCUT2D eigenvalue weighted by molar-refractivity contribution is 6.32. The van der Waals surface area contributed by atoms with Gasteiger partial charge in [-0.15, -0.1) is 0 Å². The Morgan fingerprint density at radius 2 is 1.65 bits per heavy atom. The van der Waals surface area contributed by atoms with Crippen molar-refractivity contribution >= 4 is 58.6 Å². The molecule has 252 valence electrons. The average molecular weight is 709 g/mol. The number of benzene rings is 3. The predicted octanol–water partition coefficient (Wildman–Crippen LogP) is 5.60. The summed E-state index contributed by atoms with van der Waals surface area (Å²) >= 11 is 12.8. The van der Waals surface area contributed by atoms with Gasteiger partial charge in [0.15, 0.2) is 11.5 Å². The van der Waals surface area contributed by atoms with Gasteiger partial charge in [-0.25, -0.2) is 9.18 Å². The van der Waals surface area contributed by atoms with E-state index < -0.39 is 70.5 Å². The van der Waals surface area contributed by atoms with E-state index >= 15 is 4.79 Å². The highest BCUT2D eigenvalue weighted by Crippen LogP contribution is 2.64. The van der Waals surface area contributed by atoms with Crippen LogP contribution in [0.3, 0.4) is 0 Å². The average Bonchev–Trinajstić information content (AvgIpc) is 3.47. The van der Waals surface area contributed by atoms with Gasteiger partial charge in [-0.2, -0.15) is 9.91 Å². The quantitative estimate of drug-likeness (QED) is 0.256. The first-order chi connectivity index (χ1) is 23.4. The fourth-order valence-corrected chi connectivity index (χ4v) is 8.56. The summed E-state index contributed by atoms with van der Waals surface area (Å²) in [5.74, 6) is -8.43. The number of ether oxygens (including phenoxy) is 2. The lowest BCUT2D eigenvalue weighted by molar-refractivity contribution is -0.140. The number of fused-ring (bicyclic) bond motifs is 4. The number of rotatable bonds is 5. The van der Waals surface area contributed by atoms with Crippen molar-refractivity contribution < 1.29 is 42.9 Å². The number of phenolic OH excluding ortho intramolecular Hbond substituents is 1. The maximum Gasteiger partial charge on any atom is 0.423 e. The van der Waals surface area contributed by atoms with Gasteiger partial charge in [-0.1, -0.05) is 47.0 Å². The van der Waals surface area contributed by atoms with Crippen LogP contribution in [0.2, 0.25) is 10.0 Å². The van der Waals surface area contributed by atoms with Crippen molar-refractivity contribution in [1.82, 2.24) is 9.91 Å². The topological polar surface area (TPSA) is 143 Å². The molecular formula is C35H28Cl2FN3O8. The zero-order valence-corrected chi connectivity index (χ0v) is 27.5. The molecular weight excluding hydrogens is 680 g/mol. The monoisotopic (exact) mass is 707 g/mol. The number of carbonyl (C=O) groups excluding carboxylic acids is 5. The lowest BCUT2D eigenvalue weighted by Crippen LogP contribution is -2.53. The molecule has 2 saturated heterocycles. The largest absolute Gasteiger partial charge is 0.503 e. The van der Waals surface area contributed by atoms with E-state index in [0.717, 1.165) is 12.1 Å². The van der Waals surface area contributed by atoms with E-state index in [9.17, 15) is 28.7 Å². The Morgan fingerprint density at radius 3 is 2.31 bits per heavy atom. The number of hydrogen-bond acceptors (Lipinski definition) is 9. The Balaban J connectivity index is 1.48. The normalized spacial score (nSPS) is 27.4. The smallest absolute Gasteiger partial charge is 0.423 e. The second kappa shape index (κ2) is 11.9. The summed E-state index contributed by atoms with van der Waals surface area (Å²) in [6.07, 6.45) is 0.701. The zero-order valence-electron chi connectivity index (χ0n) is 26.0. The first-order valence-corrected chi connectivity index (χ1v) is 16.1. The number of likely N-dealkylation sites (tertiary alicyclic amines) is 1. The van der Waals surface area contributed by atoms with Crippen LogP contribution < -0.4 is 10.2 Å². The summed E-state index contributed by atoms with van der Waals surface area (Å²) in [5, 5.41) is 11.9. The van der Waals surface area contributed by atoms with E-state index in [4.69, 9.17) is 32.7 Å². The number of aromatic hydroxyl groups is 1. The molecule has 0 aromatic heterocycles. The SMILES string of the molecule is COC(=O)N1C(=O)[C@H]2[C@H](CC=C3[C@H]2C[C@H]2C(=O)N(Nc4ccc(F)cc4)C(=O)[C@@]2(c2ccc(Cl)cc2)[C@H]3c2cc(Cl)c(O)c(OC)c2)C1=O. The van der Waals surface area contributed by atoms with Crippen LogP contribution in [-0.2, 0) is 29.3 Å². The van der Waals surface area contributed by atoms with Crippen molar-refractivity contribution in [2.24, 2.45) is 23.7 Å². The molecule has 0 radical (unpaired) electrons. The highest BCUT2D eigenvalue weighted by atomic mass is 35.5. The molecule has 14 heteroatoms. The molecule has 0 bridgehead atoms. The van der Waals surface area contributed by atoms with Gasteiger partial charge in [0.2, 0.25) is 11.8 Å². The number of hydrazine groups is 1. The second-order valence-electron chi connectivity index (χ2n) is 12.4. The van der Waals surface area contributed by atoms with Gasteiger partial charge in [0, 0.05) is 10.9 Å². The van der Waals surface area contributed by atoms with Crippen molar-refractivity contribution in [2.45, 2.75) is 24.2 Å². The number of amides is 5. The van der Waals surface area contributed by atoms with Gasteiger partial charge in [0.25, 0.3) is 11.8 Å². The third-order valence-electron chi connectivity index (χ3n) is 10.2. The van der Waals surface area contributed by atoms with Crippen molar-refractivity contribution in [1.29, 1.82) is 0 Å². The van der Waals surface area contributed by atoms with Crippen molar-refractivity contribution in [2.75, 3.05) is 19.6 Å². The molecule has 2 heterocycles. The maximum absolute atomic E-state index is 15.1. The third kappa shape index (κ3) is 4.72. The number of carbonyl (C=O) groups is 5. The lowest BCUT2D eigenvalue weighted by Gasteiger charge is -2.50. The van der Waals surface area contributed by atoms with E-state index in [2.05, 4.69) is 5.43 Å². The van der Waals surface area contributed by atoms with Crippen LogP contribution in [0.4, 0.5) is 14.9 Å². The number of hydrogen-bond donors (Lipinski definition) is 2. The predicted molar refractivity (Wildman–Crippen MR) is 173 cm³/mol. The van der Waals surface area contributed by atoms with Crippen LogP contribution in [0, 0.1) is 29.5 Å². The van der Waals surface area contributed by atoms with Crippen molar-refractivity contribution in [3.63, 3.8) is 0 Å². The number of allylic oxidation sites excluding steroid dienone is 2. The summed E-state index contributed by atoms with van der Waals surface area (Å²) in [6.45, 7) is 0. The van der Waals surface area contributed by atoms with E-state index in [-0.39, 0.29) is 35.1 Å². The molecule has 49 heavy (non-hydrogen) atoms. The Labute approximate surface area is 289 Å². The third-order valence-corrected chi connectivity index (χ3v) is 10.8. The van der Waals surface area contributed by atoms with Crippen LogP contribution in [0.25, 0.3) is 0 Å². The standard InChI is InChI=1S/C35H28Cl2FN3O8/c1-48-26-14-16(13-25(37)29(26)42)28-21-11-12-22-27(32(45)40(30(22)43)34(47)49-2)23(21)15-24-31(44)41(39-20-9-7-19(38)8-10-20)33(46)35(24,28)17-3-5-18(36)6-4-17/h3-11,13-14,22-24,27-28,39,42H,12,15H2,1-2H3/t22-,23+,24-,27-,28-,35+/m0/s1. The minimum atomic E-state index is -1.68. The molecule has 3 fully saturated rings. The molecule has 2 aliphatic carbocycles. The molecule has 11 nitrogen and oxygen atoms in total. The number of anilines is 1. The number of methoxy groups -OCH3 is 2. The minimum absolute atomic E-state index is 0.00349. The fourth-order valence-electron chi connectivity index (χ4n) is 8.22. The van der Waals surface area contributed by atoms with Crippen LogP contribution in [-0.4, -0.2) is 59.0 Å². The van der Waals surface area contributed by atoms with Crippen LogP contribution in [0.15, 0.2) is 72.3 Å². The van der Waals surface area contributed by atoms with Gasteiger partial charge in [-0.3, -0.25) is 24.6 Å². The van der Waals surface area contributed by atoms with Gasteiger partial charge in [0.05, 0.1) is 48.1 Å². The fraction of sp³-hybridized carbons (Fsp3) is 0.286. The van der Waals surface area contributed by atoms with Crippen LogP contribution >= 0.6 is 23.2 Å². The molecule has 2 aliphatic heterocycles. The van der Waals surface area contributed by atoms with Crippen LogP contribution in [0.1, 0.15) is 29.9 Å². The number of halogens is 3. The summed E-state index contributed by atoms with van der Waals surface area (Å²) in [5.41, 5.74) is 2.85. The molecule has 3 aromatic rings. The lowest BCUT2D eigenvalue weighted by atomic mass is 9.49. The molecule has 1 saturated carbocycles. The number of nitrogens with zero attached hydrogens (tertiary/aromatic N) is 2. The molecule has 0 spiro atoms. The van der Waals surface area contributed by atoms with Gasteiger partial charge in [-0.05, 0) is 78.4 Å². The molecule has 0 unspecified atom stereocenters. The Kier molecular flexibility index (Phi) is 7.91. The van der Waals surface area contributed by atoms with Crippen molar-refractivity contribution in [3.8, 4) is 11.5 Å². The first kappa shape index (κ1) is 32.6. The molecule has 4 aliphatic rings. The molecule has 3 aromatic carbocycles. The van der Waals surface area contributed by atoms with Gasteiger partial charge >= 0.3 is 6.09 Å². The maximum atomic E-state index is 15.1. The molecule has 5 amide bonds. The van der Waals surface area contributed by atoms with Gasteiger partial charge in [0.1, 0.15) is 5.82 Å².